The average molecular weight is 313 g/mol. The molecule has 1 aliphatic heterocycles. The second kappa shape index (κ2) is 6.13. The first kappa shape index (κ1) is 15.9. The van der Waals surface area contributed by atoms with Crippen LogP contribution in [0.5, 0.6) is 0 Å². The van der Waals surface area contributed by atoms with Crippen molar-refractivity contribution in [3.05, 3.63) is 29.3 Å². The van der Waals surface area contributed by atoms with Gasteiger partial charge in [-0.2, -0.15) is 4.31 Å². The molecule has 0 spiro atoms. The van der Waals surface area contributed by atoms with Gasteiger partial charge in [-0.25, -0.2) is 13.2 Å². The van der Waals surface area contributed by atoms with Gasteiger partial charge < -0.3 is 10.2 Å². The van der Waals surface area contributed by atoms with Crippen LogP contribution in [-0.2, 0) is 10.0 Å². The smallest absolute Gasteiger partial charge is 0.335 e. The number of aliphatic hydroxyl groups excluding tert-OH is 1. The van der Waals surface area contributed by atoms with Crippen LogP contribution in [0.25, 0.3) is 0 Å². The molecule has 0 aromatic heterocycles. The summed E-state index contributed by atoms with van der Waals surface area (Å²) in [5.74, 6) is -1.20. The fraction of sp³-hybridized carbons (Fsp3) is 0.500. The third-order valence-corrected chi connectivity index (χ3v) is 5.88. The maximum Gasteiger partial charge on any atom is 0.335 e. The van der Waals surface area contributed by atoms with Crippen molar-refractivity contribution >= 4 is 16.0 Å². The van der Waals surface area contributed by atoms with Crippen molar-refractivity contribution in [2.75, 3.05) is 19.7 Å². The van der Waals surface area contributed by atoms with E-state index in [-0.39, 0.29) is 35.1 Å². The van der Waals surface area contributed by atoms with E-state index < -0.39 is 16.0 Å². The minimum absolute atomic E-state index is 0.00760. The van der Waals surface area contributed by atoms with E-state index >= 15 is 0 Å². The fourth-order valence-corrected chi connectivity index (χ4v) is 4.46. The topological polar surface area (TPSA) is 94.9 Å². The van der Waals surface area contributed by atoms with E-state index in [0.717, 1.165) is 6.42 Å². The number of hydrogen-bond donors (Lipinski definition) is 2. The van der Waals surface area contributed by atoms with Crippen molar-refractivity contribution < 1.29 is 23.4 Å². The molecule has 1 aliphatic rings. The molecular formula is C14H19NO5S. The van der Waals surface area contributed by atoms with Crippen molar-refractivity contribution in [2.24, 2.45) is 5.92 Å². The van der Waals surface area contributed by atoms with Crippen LogP contribution in [0.2, 0.25) is 0 Å². The van der Waals surface area contributed by atoms with Gasteiger partial charge in [0.05, 0.1) is 10.5 Å². The number of piperidine rings is 1. The SMILES string of the molecule is Cc1c(C(=O)O)cccc1S(=O)(=O)N1CCCC(CO)C1. The molecule has 1 heterocycles. The van der Waals surface area contributed by atoms with Crippen LogP contribution in [0.15, 0.2) is 23.1 Å². The molecule has 0 amide bonds. The first-order valence-corrected chi connectivity index (χ1v) is 8.26. The summed E-state index contributed by atoms with van der Waals surface area (Å²) >= 11 is 0. The van der Waals surface area contributed by atoms with Gasteiger partial charge in [-0.15, -0.1) is 0 Å². The van der Waals surface area contributed by atoms with E-state index in [4.69, 9.17) is 5.11 Å². The lowest BCUT2D eigenvalue weighted by molar-refractivity contribution is 0.0696. The summed E-state index contributed by atoms with van der Waals surface area (Å²) in [6.45, 7) is 2.13. The Bertz CT molecular complexity index is 641. The maximum absolute atomic E-state index is 12.7. The zero-order valence-electron chi connectivity index (χ0n) is 11.8. The monoisotopic (exact) mass is 313 g/mol. The molecule has 0 aliphatic carbocycles. The fourth-order valence-electron chi connectivity index (χ4n) is 2.66. The van der Waals surface area contributed by atoms with Crippen LogP contribution in [0, 0.1) is 12.8 Å². The van der Waals surface area contributed by atoms with Crippen molar-refractivity contribution in [1.29, 1.82) is 0 Å². The van der Waals surface area contributed by atoms with Gasteiger partial charge in [-0.3, -0.25) is 0 Å². The lowest BCUT2D eigenvalue weighted by Crippen LogP contribution is -2.41. The highest BCUT2D eigenvalue weighted by molar-refractivity contribution is 7.89. The second-order valence-corrected chi connectivity index (χ2v) is 7.19. The average Bonchev–Trinajstić information content (AvgIpc) is 2.47. The molecule has 1 aromatic rings. The Kier molecular flexibility index (Phi) is 4.65. The highest BCUT2D eigenvalue weighted by Gasteiger charge is 2.31. The molecule has 1 aromatic carbocycles. The molecule has 1 fully saturated rings. The molecule has 1 saturated heterocycles. The summed E-state index contributed by atoms with van der Waals surface area (Å²) in [6, 6.07) is 4.26. The Labute approximate surface area is 124 Å². The van der Waals surface area contributed by atoms with Crippen molar-refractivity contribution in [2.45, 2.75) is 24.7 Å². The first-order valence-electron chi connectivity index (χ1n) is 6.82. The van der Waals surface area contributed by atoms with E-state index in [1.54, 1.807) is 0 Å². The van der Waals surface area contributed by atoms with Crippen molar-refractivity contribution in [1.82, 2.24) is 4.31 Å². The maximum atomic E-state index is 12.7. The molecule has 0 bridgehead atoms. The van der Waals surface area contributed by atoms with Crippen LogP contribution in [0.4, 0.5) is 0 Å². The van der Waals surface area contributed by atoms with E-state index in [9.17, 15) is 18.3 Å². The molecule has 116 valence electrons. The molecule has 2 rings (SSSR count). The Morgan fingerprint density at radius 1 is 1.43 bits per heavy atom. The highest BCUT2D eigenvalue weighted by atomic mass is 32.2. The number of carboxylic acid groups (broad SMARTS) is 1. The molecular weight excluding hydrogens is 294 g/mol. The zero-order valence-corrected chi connectivity index (χ0v) is 12.6. The van der Waals surface area contributed by atoms with E-state index in [2.05, 4.69) is 0 Å². The lowest BCUT2D eigenvalue weighted by Gasteiger charge is -2.31. The Balaban J connectivity index is 2.40. The summed E-state index contributed by atoms with van der Waals surface area (Å²) in [4.78, 5) is 11.2. The van der Waals surface area contributed by atoms with Crippen LogP contribution in [0.3, 0.4) is 0 Å². The first-order chi connectivity index (χ1) is 9.87. The number of hydrogen-bond acceptors (Lipinski definition) is 4. The molecule has 2 N–H and O–H groups in total. The van der Waals surface area contributed by atoms with Crippen LogP contribution >= 0.6 is 0 Å². The molecule has 0 radical (unpaired) electrons. The standard InChI is InChI=1S/C14H19NO5S/c1-10-12(14(17)18)5-2-6-13(10)21(19,20)15-7-3-4-11(8-15)9-16/h2,5-6,11,16H,3-4,7-9H2,1H3,(H,17,18). The third-order valence-electron chi connectivity index (χ3n) is 3.87. The number of aliphatic hydroxyl groups is 1. The van der Waals surface area contributed by atoms with Gasteiger partial charge in [0.2, 0.25) is 10.0 Å². The molecule has 7 heteroatoms. The third kappa shape index (κ3) is 3.09. The Morgan fingerprint density at radius 3 is 2.76 bits per heavy atom. The number of sulfonamides is 1. The molecule has 21 heavy (non-hydrogen) atoms. The molecule has 1 atom stereocenters. The molecule has 0 saturated carbocycles. The van der Waals surface area contributed by atoms with Crippen molar-refractivity contribution in [3.8, 4) is 0 Å². The lowest BCUT2D eigenvalue weighted by atomic mass is 10.0. The predicted octanol–water partition coefficient (Wildman–Crippen LogP) is 1.09. The quantitative estimate of drug-likeness (QED) is 0.867. The normalized spacial score (nSPS) is 20.4. The Hall–Kier alpha value is -1.44. The van der Waals surface area contributed by atoms with Gasteiger partial charge in [0.1, 0.15) is 0 Å². The minimum atomic E-state index is -3.73. The summed E-state index contributed by atoms with van der Waals surface area (Å²) in [6.07, 6.45) is 1.50. The largest absolute Gasteiger partial charge is 0.478 e. The highest BCUT2D eigenvalue weighted by Crippen LogP contribution is 2.26. The number of carbonyl (C=O) groups is 1. The van der Waals surface area contributed by atoms with Gasteiger partial charge in [-0.1, -0.05) is 6.07 Å². The van der Waals surface area contributed by atoms with Gasteiger partial charge in [0.15, 0.2) is 0 Å². The predicted molar refractivity (Wildman–Crippen MR) is 76.7 cm³/mol. The number of benzene rings is 1. The van der Waals surface area contributed by atoms with E-state index in [1.165, 1.54) is 29.4 Å². The summed E-state index contributed by atoms with van der Waals surface area (Å²) in [5, 5.41) is 18.3. The number of aromatic carboxylic acids is 1. The Morgan fingerprint density at radius 2 is 2.14 bits per heavy atom. The number of rotatable bonds is 4. The molecule has 1 unspecified atom stereocenters. The van der Waals surface area contributed by atoms with Crippen LogP contribution in [0.1, 0.15) is 28.8 Å². The number of carboxylic acids is 1. The second-order valence-electron chi connectivity index (χ2n) is 5.29. The minimum Gasteiger partial charge on any atom is -0.478 e. The van der Waals surface area contributed by atoms with Crippen molar-refractivity contribution in [3.63, 3.8) is 0 Å². The zero-order chi connectivity index (χ0) is 15.6. The van der Waals surface area contributed by atoms with Gasteiger partial charge in [0, 0.05) is 19.7 Å². The summed E-state index contributed by atoms with van der Waals surface area (Å²) < 4.78 is 26.7. The van der Waals surface area contributed by atoms with E-state index in [0.29, 0.717) is 13.0 Å². The van der Waals surface area contributed by atoms with Gasteiger partial charge in [-0.05, 0) is 43.4 Å². The van der Waals surface area contributed by atoms with Gasteiger partial charge >= 0.3 is 5.97 Å². The van der Waals surface area contributed by atoms with Gasteiger partial charge in [0.25, 0.3) is 0 Å². The van der Waals surface area contributed by atoms with E-state index in [1.807, 2.05) is 0 Å². The summed E-state index contributed by atoms with van der Waals surface area (Å²) in [5.41, 5.74) is 0.239. The summed E-state index contributed by atoms with van der Waals surface area (Å²) in [7, 11) is -3.73. The molecule has 6 nitrogen and oxygen atoms in total. The van der Waals surface area contributed by atoms with Crippen LogP contribution in [-0.4, -0.2) is 48.6 Å². The number of nitrogens with zero attached hydrogens (tertiary/aromatic N) is 1. The van der Waals surface area contributed by atoms with Crippen LogP contribution < -0.4 is 0 Å².